The van der Waals surface area contributed by atoms with Crippen LogP contribution >= 0.6 is 34.5 Å². The Bertz CT molecular complexity index is 1500. The fourth-order valence-corrected chi connectivity index (χ4v) is 6.28. The van der Waals surface area contributed by atoms with Crippen molar-refractivity contribution in [2.45, 2.75) is 24.7 Å². The van der Waals surface area contributed by atoms with Crippen molar-refractivity contribution < 1.29 is 4.79 Å². The molecule has 8 heteroatoms. The zero-order chi connectivity index (χ0) is 23.4. The molecule has 0 unspecified atom stereocenters. The minimum Gasteiger partial charge on any atom is -0.343 e. The van der Waals surface area contributed by atoms with Gasteiger partial charge in [-0.3, -0.25) is 14.7 Å². The van der Waals surface area contributed by atoms with Crippen molar-refractivity contribution in [3.63, 3.8) is 0 Å². The van der Waals surface area contributed by atoms with Crippen LogP contribution in [0.5, 0.6) is 0 Å². The van der Waals surface area contributed by atoms with Crippen molar-refractivity contribution in [3.8, 4) is 5.69 Å². The highest BCUT2D eigenvalue weighted by Gasteiger charge is 2.42. The minimum absolute atomic E-state index is 0.0192. The Labute approximate surface area is 209 Å². The monoisotopic (exact) mass is 507 g/mol. The molecule has 2 atom stereocenters. The third kappa shape index (κ3) is 3.36. The molecular formula is C26H19Cl2N3O2S. The summed E-state index contributed by atoms with van der Waals surface area (Å²) >= 11 is 14.7. The van der Waals surface area contributed by atoms with Crippen molar-refractivity contribution in [2.75, 3.05) is 5.32 Å². The number of nitrogens with one attached hydrogen (secondary N) is 2. The van der Waals surface area contributed by atoms with Crippen molar-refractivity contribution in [2.24, 2.45) is 0 Å². The second-order valence-electron chi connectivity index (χ2n) is 8.51. The lowest BCUT2D eigenvalue weighted by Gasteiger charge is -2.34. The zero-order valence-electron chi connectivity index (χ0n) is 17.8. The molecule has 1 aliphatic carbocycles. The Kier molecular flexibility index (Phi) is 5.25. The van der Waals surface area contributed by atoms with E-state index in [1.165, 1.54) is 9.56 Å². The molecule has 2 aromatic heterocycles. The predicted molar refractivity (Wildman–Crippen MR) is 137 cm³/mol. The number of aromatic nitrogens is 2. The summed E-state index contributed by atoms with van der Waals surface area (Å²) in [5.41, 5.74) is 3.03. The first-order valence-corrected chi connectivity index (χ1v) is 12.6. The fraction of sp³-hybridized carbons (Fsp3) is 0.154. The van der Waals surface area contributed by atoms with Gasteiger partial charge in [-0.25, -0.2) is 4.68 Å². The van der Waals surface area contributed by atoms with E-state index >= 15 is 0 Å². The second-order valence-corrected chi connectivity index (χ2v) is 10.3. The Morgan fingerprint density at radius 3 is 2.53 bits per heavy atom. The molecule has 0 spiro atoms. The molecule has 0 bridgehead atoms. The number of benzene rings is 2. The molecule has 34 heavy (non-hydrogen) atoms. The predicted octanol–water partition coefficient (Wildman–Crippen LogP) is 6.49. The van der Waals surface area contributed by atoms with Crippen LogP contribution in [0.25, 0.3) is 5.69 Å². The van der Waals surface area contributed by atoms with E-state index in [0.29, 0.717) is 51.1 Å². The van der Waals surface area contributed by atoms with Crippen LogP contribution in [-0.2, 0) is 4.79 Å². The molecule has 0 radical (unpaired) electrons. The van der Waals surface area contributed by atoms with Gasteiger partial charge in [0.1, 0.15) is 5.82 Å². The second kappa shape index (κ2) is 8.31. The van der Waals surface area contributed by atoms with E-state index in [1.807, 2.05) is 47.8 Å². The number of nitrogens with zero attached hydrogens (tertiary/aromatic N) is 1. The van der Waals surface area contributed by atoms with Gasteiger partial charge in [0.15, 0.2) is 5.78 Å². The number of carbonyl (C=O) groups is 1. The number of anilines is 1. The number of fused-ring (bicyclic) bond motifs is 1. The highest BCUT2D eigenvalue weighted by atomic mass is 35.5. The van der Waals surface area contributed by atoms with Crippen molar-refractivity contribution in [1.29, 1.82) is 0 Å². The molecule has 0 fully saturated rings. The van der Waals surface area contributed by atoms with E-state index < -0.39 is 5.92 Å². The third-order valence-electron chi connectivity index (χ3n) is 6.54. The molecule has 1 aliphatic heterocycles. The molecular weight excluding hydrogens is 489 g/mol. The number of hydrogen-bond donors (Lipinski definition) is 2. The number of para-hydroxylation sites is 1. The van der Waals surface area contributed by atoms with Crippen LogP contribution in [-0.4, -0.2) is 15.6 Å². The van der Waals surface area contributed by atoms with Crippen LogP contribution in [0, 0.1) is 0 Å². The molecule has 170 valence electrons. The van der Waals surface area contributed by atoms with Crippen LogP contribution < -0.4 is 10.9 Å². The van der Waals surface area contributed by atoms with E-state index in [4.69, 9.17) is 23.2 Å². The van der Waals surface area contributed by atoms with Crippen LogP contribution in [0.3, 0.4) is 0 Å². The highest BCUT2D eigenvalue weighted by molar-refractivity contribution is 7.10. The number of carbonyl (C=O) groups excluding carboxylic acids is 1. The van der Waals surface area contributed by atoms with Crippen molar-refractivity contribution in [1.82, 2.24) is 9.78 Å². The lowest BCUT2D eigenvalue weighted by Crippen LogP contribution is -2.32. The van der Waals surface area contributed by atoms with Gasteiger partial charge < -0.3 is 5.32 Å². The lowest BCUT2D eigenvalue weighted by atomic mass is 9.74. The van der Waals surface area contributed by atoms with Crippen LogP contribution in [0.2, 0.25) is 10.0 Å². The summed E-state index contributed by atoms with van der Waals surface area (Å²) in [6.07, 6.45) is 1.07. The standard InChI is InChI=1S/C26H19Cl2N3O2S/c27-17-9-4-8-16(24(17)28)21-22-18(12-14(13-19(22)32)20-10-5-11-34-20)29-25-23(21)26(33)31(30-25)15-6-2-1-3-7-15/h1-11,14,21,29-30H,12-13H2/t14-,21-/m1/s1. The summed E-state index contributed by atoms with van der Waals surface area (Å²) < 4.78 is 1.50. The first kappa shape index (κ1) is 21.5. The van der Waals surface area contributed by atoms with E-state index in [1.54, 1.807) is 23.5 Å². The number of ketones is 1. The topological polar surface area (TPSA) is 66.9 Å². The normalized spacial score (nSPS) is 19.5. The summed E-state index contributed by atoms with van der Waals surface area (Å²) in [6.45, 7) is 0. The summed E-state index contributed by atoms with van der Waals surface area (Å²) in [5, 5.41) is 9.39. The van der Waals surface area contributed by atoms with Gasteiger partial charge in [0.25, 0.3) is 5.56 Å². The van der Waals surface area contributed by atoms with Gasteiger partial charge in [0.2, 0.25) is 0 Å². The van der Waals surface area contributed by atoms with Gasteiger partial charge in [0.05, 0.1) is 21.3 Å². The summed E-state index contributed by atoms with van der Waals surface area (Å²) in [4.78, 5) is 28.5. The number of thiophene rings is 1. The van der Waals surface area contributed by atoms with Gasteiger partial charge in [-0.2, -0.15) is 0 Å². The van der Waals surface area contributed by atoms with Crippen LogP contribution in [0.1, 0.15) is 40.7 Å². The average molecular weight is 508 g/mol. The maximum atomic E-state index is 13.7. The molecule has 2 aromatic carbocycles. The number of rotatable bonds is 3. The highest BCUT2D eigenvalue weighted by Crippen LogP contribution is 2.49. The molecule has 2 N–H and O–H groups in total. The smallest absolute Gasteiger partial charge is 0.277 e. The average Bonchev–Trinajstić information content (AvgIpc) is 3.49. The first-order chi connectivity index (χ1) is 16.5. The van der Waals surface area contributed by atoms with E-state index in [9.17, 15) is 9.59 Å². The van der Waals surface area contributed by atoms with E-state index in [2.05, 4.69) is 16.5 Å². The first-order valence-electron chi connectivity index (χ1n) is 10.9. The Balaban J connectivity index is 1.56. The number of hydrogen-bond acceptors (Lipinski definition) is 4. The summed E-state index contributed by atoms with van der Waals surface area (Å²) in [6, 6.07) is 18.8. The molecule has 0 saturated heterocycles. The van der Waals surface area contributed by atoms with Gasteiger partial charge in [-0.15, -0.1) is 11.3 Å². The van der Waals surface area contributed by atoms with Crippen LogP contribution in [0.15, 0.2) is 82.1 Å². The van der Waals surface area contributed by atoms with Crippen molar-refractivity contribution in [3.05, 3.63) is 114 Å². The zero-order valence-corrected chi connectivity index (χ0v) is 20.2. The maximum absolute atomic E-state index is 13.7. The van der Waals surface area contributed by atoms with Gasteiger partial charge in [-0.05, 0) is 41.6 Å². The molecule has 3 heterocycles. The molecule has 6 rings (SSSR count). The Morgan fingerprint density at radius 1 is 0.941 bits per heavy atom. The Morgan fingerprint density at radius 2 is 1.76 bits per heavy atom. The minimum atomic E-state index is -0.608. The number of aromatic amines is 1. The van der Waals surface area contributed by atoms with Gasteiger partial charge in [-0.1, -0.05) is 59.6 Å². The van der Waals surface area contributed by atoms with Gasteiger partial charge >= 0.3 is 0 Å². The Hall–Kier alpha value is -3.06. The molecule has 2 aliphatic rings. The number of halogens is 2. The summed E-state index contributed by atoms with van der Waals surface area (Å²) in [5.74, 6) is 0.0839. The summed E-state index contributed by atoms with van der Waals surface area (Å²) in [7, 11) is 0. The molecule has 0 saturated carbocycles. The maximum Gasteiger partial charge on any atom is 0.277 e. The SMILES string of the molecule is O=C1C[C@H](c2cccs2)CC2=C1[C@@H](c1cccc(Cl)c1Cl)c1c([nH]n(-c3ccccc3)c1=O)N2. The van der Waals surface area contributed by atoms with E-state index in [-0.39, 0.29) is 17.3 Å². The largest absolute Gasteiger partial charge is 0.343 e. The lowest BCUT2D eigenvalue weighted by molar-refractivity contribution is -0.116. The number of H-pyrrole nitrogens is 1. The molecule has 0 amide bonds. The quantitative estimate of drug-likeness (QED) is 0.332. The molecule has 4 aromatic rings. The third-order valence-corrected chi connectivity index (χ3v) is 8.41. The number of allylic oxidation sites excluding steroid dienone is 2. The molecule has 5 nitrogen and oxygen atoms in total. The van der Waals surface area contributed by atoms with E-state index in [0.717, 1.165) is 5.70 Å². The van der Waals surface area contributed by atoms with Crippen molar-refractivity contribution >= 4 is 46.1 Å². The number of Topliss-reactive ketones (excluding diaryl/α,β-unsaturated/α-hetero) is 1. The fourth-order valence-electron chi connectivity index (χ4n) is 5.03. The van der Waals surface area contributed by atoms with Gasteiger partial charge in [0, 0.05) is 34.4 Å². The van der Waals surface area contributed by atoms with Crippen LogP contribution in [0.4, 0.5) is 5.82 Å².